The molecular formula is C81H174. The average Bonchev–Trinajstić information content (AvgIpc) is 3.95. The molecule has 0 amide bonds. The molecule has 81 heavy (non-hydrogen) atoms. The minimum absolute atomic E-state index is 0.550. The van der Waals surface area contributed by atoms with E-state index < -0.39 is 0 Å². The lowest BCUT2D eigenvalue weighted by molar-refractivity contribution is 0.201. The molecule has 0 spiro atoms. The standard InChI is InChI=1S/C9H18.2C8H16.2C7H14.6C7H16/c1-8-4-6-9(2,3)7-5-8;1-7-5-3-4-6-8(7)2;1-7(2)8-5-3-4-6-8;1-6(2)7-4-3-5-7;1-7-5-3-2-4-6-7;1-5-6-7(2,3)4;2*1-4-5-6-7(2)3;1-4-6-7(3)5-2;1-4-7(5-2)6-3;1-3-5-7-6-4-2/h8H,4-7H2,1-3H3;2*7-8H,3-6H2,1-2H3;6-7H,3-5H2,1-2H3;7H,2-6H2,1H3;5-6H2,1-4H3;4*7H,4-6H2,1-3H3;3-7H2,1-2H3/t;7-,8?;;;;;;;7-;;/m.1......1../s1. The van der Waals surface area contributed by atoms with E-state index in [1.807, 2.05) is 0 Å². The zero-order valence-electron chi connectivity index (χ0n) is 63.5. The topological polar surface area (TPSA) is 0 Å². The van der Waals surface area contributed by atoms with Crippen LogP contribution in [0.2, 0.25) is 0 Å². The highest BCUT2D eigenvalue weighted by Crippen LogP contribution is 2.37. The molecule has 0 N–H and O–H groups in total. The molecule has 3 atom stereocenters. The van der Waals surface area contributed by atoms with Gasteiger partial charge < -0.3 is 0 Å². The largest absolute Gasteiger partial charge is 0.0654 e. The predicted molar refractivity (Wildman–Crippen MR) is 386 cm³/mol. The molecule has 5 rings (SSSR count). The van der Waals surface area contributed by atoms with Crippen molar-refractivity contribution in [1.29, 1.82) is 0 Å². The maximum absolute atomic E-state index is 2.39. The van der Waals surface area contributed by atoms with Gasteiger partial charge in [0.1, 0.15) is 0 Å². The Hall–Kier alpha value is 0. The van der Waals surface area contributed by atoms with E-state index >= 15 is 0 Å². The van der Waals surface area contributed by atoms with Crippen LogP contribution >= 0.6 is 0 Å². The van der Waals surface area contributed by atoms with Crippen LogP contribution in [-0.2, 0) is 0 Å². The lowest BCUT2D eigenvalue weighted by Gasteiger charge is -2.32. The lowest BCUT2D eigenvalue weighted by atomic mass is 9.74. The van der Waals surface area contributed by atoms with Crippen LogP contribution in [0.1, 0.15) is 444 Å². The first kappa shape index (κ1) is 92.2. The van der Waals surface area contributed by atoms with Crippen LogP contribution in [0.5, 0.6) is 0 Å². The van der Waals surface area contributed by atoms with E-state index in [-0.39, 0.29) is 0 Å². The molecule has 5 aliphatic rings. The van der Waals surface area contributed by atoms with E-state index in [1.165, 1.54) is 250 Å². The zero-order valence-corrected chi connectivity index (χ0v) is 63.5. The van der Waals surface area contributed by atoms with Gasteiger partial charge in [-0.25, -0.2) is 0 Å². The molecule has 0 aromatic heterocycles. The maximum atomic E-state index is 2.39. The van der Waals surface area contributed by atoms with Crippen LogP contribution < -0.4 is 0 Å². The summed E-state index contributed by atoms with van der Waals surface area (Å²) in [7, 11) is 0. The van der Waals surface area contributed by atoms with Gasteiger partial charge in [0, 0.05) is 0 Å². The first-order valence-electron chi connectivity index (χ1n) is 38.1. The minimum atomic E-state index is 0.550. The lowest BCUT2D eigenvalue weighted by Crippen LogP contribution is -2.19. The Labute approximate surface area is 523 Å². The highest BCUT2D eigenvalue weighted by molar-refractivity contribution is 4.76. The molecule has 0 heterocycles. The molecule has 0 nitrogen and oxygen atoms in total. The highest BCUT2D eigenvalue weighted by Gasteiger charge is 2.24. The predicted octanol–water partition coefficient (Wildman–Crippen LogP) is 31.1. The number of hydrogen-bond acceptors (Lipinski definition) is 0. The summed E-state index contributed by atoms with van der Waals surface area (Å²) in [6.45, 7) is 64.3. The van der Waals surface area contributed by atoms with E-state index in [1.54, 1.807) is 0 Å². The van der Waals surface area contributed by atoms with Gasteiger partial charge in [-0.15, -0.1) is 0 Å². The molecule has 0 bridgehead atoms. The summed E-state index contributed by atoms with van der Waals surface area (Å²) in [4.78, 5) is 0. The second-order valence-corrected chi connectivity index (χ2v) is 31.4. The van der Waals surface area contributed by atoms with Gasteiger partial charge in [0.25, 0.3) is 0 Å². The Morgan fingerprint density at radius 2 is 0.704 bits per heavy atom. The monoisotopic (exact) mass is 1150 g/mol. The molecule has 498 valence electrons. The third-order valence-electron chi connectivity index (χ3n) is 19.2. The van der Waals surface area contributed by atoms with Gasteiger partial charge >= 0.3 is 0 Å². The third kappa shape index (κ3) is 78.0. The summed E-state index contributed by atoms with van der Waals surface area (Å²) in [5.74, 6) is 11.8. The fourth-order valence-corrected chi connectivity index (χ4v) is 11.3. The molecule has 0 aromatic carbocycles. The van der Waals surface area contributed by atoms with Crippen LogP contribution in [0.25, 0.3) is 0 Å². The van der Waals surface area contributed by atoms with Gasteiger partial charge in [0.2, 0.25) is 0 Å². The second kappa shape index (κ2) is 66.0. The molecule has 1 unspecified atom stereocenters. The second-order valence-electron chi connectivity index (χ2n) is 31.4. The Kier molecular flexibility index (Phi) is 75.1. The van der Waals surface area contributed by atoms with Crippen LogP contribution in [0.4, 0.5) is 0 Å². The summed E-state index contributed by atoms with van der Waals surface area (Å²) >= 11 is 0. The Balaban J connectivity index is -0.000000191. The van der Waals surface area contributed by atoms with E-state index in [2.05, 4.69) is 194 Å². The van der Waals surface area contributed by atoms with Gasteiger partial charge in [0.15, 0.2) is 0 Å². The summed E-state index contributed by atoms with van der Waals surface area (Å²) in [5.41, 5.74) is 1.21. The number of unbranched alkanes of at least 4 members (excludes halogenated alkanes) is 6. The SMILES string of the molecule is CC(C)C1CCC1.CC(C)C1CCCC1.CC1CCC(C)(C)CC1.CC1CCCCC1.CC1CCCC[C@H]1C.CCC(CC)CC.CCCC(C)(C)C.CCCCC(C)C.CCCCC(C)C.CCCCCCC.CCC[C@H](C)CC. The van der Waals surface area contributed by atoms with Crippen LogP contribution in [0.15, 0.2) is 0 Å². The fourth-order valence-electron chi connectivity index (χ4n) is 11.3. The maximum Gasteiger partial charge on any atom is -0.0354 e. The molecule has 0 aromatic rings. The summed E-state index contributed by atoms with van der Waals surface area (Å²) in [6.07, 6.45) is 55.7. The summed E-state index contributed by atoms with van der Waals surface area (Å²) in [6, 6.07) is 0. The first-order chi connectivity index (χ1) is 38.1. The van der Waals surface area contributed by atoms with Gasteiger partial charge in [-0.3, -0.25) is 0 Å². The van der Waals surface area contributed by atoms with Crippen molar-refractivity contribution < 1.29 is 0 Å². The first-order valence-corrected chi connectivity index (χ1v) is 38.1. The summed E-state index contributed by atoms with van der Waals surface area (Å²) in [5, 5.41) is 0. The Bertz CT molecular complexity index is 1030. The van der Waals surface area contributed by atoms with Gasteiger partial charge in [-0.05, 0) is 101 Å². The van der Waals surface area contributed by atoms with E-state index in [0.717, 1.165) is 71.0 Å². The molecule has 5 saturated carbocycles. The molecular weight excluding hydrogens is 973 g/mol. The Morgan fingerprint density at radius 3 is 0.864 bits per heavy atom. The van der Waals surface area contributed by atoms with E-state index in [9.17, 15) is 0 Å². The molecule has 5 aliphatic carbocycles. The smallest absolute Gasteiger partial charge is 0.0354 e. The van der Waals surface area contributed by atoms with E-state index in [0.29, 0.717) is 10.8 Å². The van der Waals surface area contributed by atoms with Gasteiger partial charge in [-0.1, -0.05) is 425 Å². The minimum Gasteiger partial charge on any atom is -0.0654 e. The van der Waals surface area contributed by atoms with Crippen molar-refractivity contribution in [1.82, 2.24) is 0 Å². The number of rotatable bonds is 19. The van der Waals surface area contributed by atoms with Crippen molar-refractivity contribution in [3.8, 4) is 0 Å². The van der Waals surface area contributed by atoms with Crippen molar-refractivity contribution in [2.24, 2.45) is 81.8 Å². The number of hydrogen-bond donors (Lipinski definition) is 0. The Morgan fingerprint density at radius 1 is 0.358 bits per heavy atom. The quantitative estimate of drug-likeness (QED) is 0.113. The zero-order chi connectivity index (χ0) is 63.5. The van der Waals surface area contributed by atoms with Crippen LogP contribution in [-0.4, -0.2) is 0 Å². The van der Waals surface area contributed by atoms with Crippen molar-refractivity contribution in [2.75, 3.05) is 0 Å². The van der Waals surface area contributed by atoms with Crippen molar-refractivity contribution in [3.05, 3.63) is 0 Å². The van der Waals surface area contributed by atoms with Gasteiger partial charge in [0.05, 0.1) is 0 Å². The van der Waals surface area contributed by atoms with Crippen molar-refractivity contribution in [3.63, 3.8) is 0 Å². The van der Waals surface area contributed by atoms with Crippen LogP contribution in [0.3, 0.4) is 0 Å². The summed E-state index contributed by atoms with van der Waals surface area (Å²) < 4.78 is 0. The fraction of sp³-hybridized carbons (Fsp3) is 1.00. The molecule has 0 aliphatic heterocycles. The third-order valence-corrected chi connectivity index (χ3v) is 19.2. The molecule has 0 saturated heterocycles. The molecule has 0 heteroatoms. The van der Waals surface area contributed by atoms with Gasteiger partial charge in [-0.2, -0.15) is 0 Å². The van der Waals surface area contributed by atoms with E-state index in [4.69, 9.17) is 0 Å². The van der Waals surface area contributed by atoms with Crippen molar-refractivity contribution >= 4 is 0 Å². The normalized spacial score (nSPS) is 19.2. The van der Waals surface area contributed by atoms with Crippen LogP contribution in [0, 0.1) is 81.8 Å². The average molecular weight is 1150 g/mol. The molecule has 5 fully saturated rings. The molecule has 0 radical (unpaired) electrons. The van der Waals surface area contributed by atoms with Crippen molar-refractivity contribution in [2.45, 2.75) is 444 Å². The highest BCUT2D eigenvalue weighted by atomic mass is 14.3.